The quantitative estimate of drug-likeness (QED) is 0.758. The molecule has 0 amide bonds. The minimum Gasteiger partial charge on any atom is -0.381 e. The highest BCUT2D eigenvalue weighted by Crippen LogP contribution is 2.34. The van der Waals surface area contributed by atoms with Crippen LogP contribution >= 0.6 is 0 Å². The Morgan fingerprint density at radius 1 is 1.15 bits per heavy atom. The highest BCUT2D eigenvalue weighted by atomic mass is 16.5. The molecule has 0 spiro atoms. The number of nitrogens with one attached hydrogen (secondary N) is 1. The molecule has 1 atom stereocenters. The average molecular weight is 282 g/mol. The van der Waals surface area contributed by atoms with Gasteiger partial charge in [-0.15, -0.1) is 0 Å². The van der Waals surface area contributed by atoms with E-state index in [1.165, 1.54) is 51.7 Å². The van der Waals surface area contributed by atoms with E-state index >= 15 is 0 Å². The van der Waals surface area contributed by atoms with Gasteiger partial charge in [0.25, 0.3) is 0 Å². The molecule has 0 aliphatic carbocycles. The predicted octanol–water partition coefficient (Wildman–Crippen LogP) is 2.90. The molecular formula is C17H34N2O. The molecule has 0 aromatic rings. The summed E-state index contributed by atoms with van der Waals surface area (Å²) in [5.74, 6) is 0. The summed E-state index contributed by atoms with van der Waals surface area (Å²) in [6, 6.07) is 0. The zero-order valence-corrected chi connectivity index (χ0v) is 13.8. The minimum atomic E-state index is 0.356. The summed E-state index contributed by atoms with van der Waals surface area (Å²) in [6.45, 7) is 15.0. The highest BCUT2D eigenvalue weighted by Gasteiger charge is 2.36. The van der Waals surface area contributed by atoms with Crippen LogP contribution in [0.2, 0.25) is 0 Å². The molecule has 2 rings (SSSR count). The molecule has 20 heavy (non-hydrogen) atoms. The van der Waals surface area contributed by atoms with Gasteiger partial charge < -0.3 is 15.0 Å². The van der Waals surface area contributed by atoms with Crippen LogP contribution in [0, 0.1) is 10.8 Å². The first-order valence-corrected chi connectivity index (χ1v) is 8.56. The Labute approximate surface area is 125 Å². The number of ether oxygens (including phenoxy) is 1. The number of rotatable bonds is 6. The molecule has 1 N–H and O–H groups in total. The van der Waals surface area contributed by atoms with Crippen LogP contribution in [-0.4, -0.2) is 50.8 Å². The Morgan fingerprint density at radius 2 is 1.90 bits per heavy atom. The van der Waals surface area contributed by atoms with Gasteiger partial charge in [-0.3, -0.25) is 0 Å². The molecule has 2 saturated heterocycles. The van der Waals surface area contributed by atoms with Crippen molar-refractivity contribution in [2.75, 3.05) is 45.9 Å². The van der Waals surface area contributed by atoms with Gasteiger partial charge in [-0.1, -0.05) is 20.8 Å². The van der Waals surface area contributed by atoms with E-state index in [0.717, 1.165) is 26.3 Å². The lowest BCUT2D eigenvalue weighted by atomic mass is 9.79. The number of nitrogens with zero attached hydrogens (tertiary/aromatic N) is 1. The largest absolute Gasteiger partial charge is 0.381 e. The van der Waals surface area contributed by atoms with Crippen molar-refractivity contribution >= 4 is 0 Å². The molecule has 3 heteroatoms. The summed E-state index contributed by atoms with van der Waals surface area (Å²) in [5.41, 5.74) is 0.905. The molecule has 3 nitrogen and oxygen atoms in total. The fourth-order valence-corrected chi connectivity index (χ4v) is 3.55. The smallest absolute Gasteiger partial charge is 0.0546 e. The van der Waals surface area contributed by atoms with Gasteiger partial charge in [0.15, 0.2) is 0 Å². The Morgan fingerprint density at radius 3 is 2.50 bits per heavy atom. The third-order valence-corrected chi connectivity index (χ3v) is 5.10. The Kier molecular flexibility index (Phi) is 5.88. The van der Waals surface area contributed by atoms with Crippen LogP contribution < -0.4 is 5.32 Å². The number of hydrogen-bond acceptors (Lipinski definition) is 3. The van der Waals surface area contributed by atoms with Crippen molar-refractivity contribution in [3.8, 4) is 0 Å². The normalized spacial score (nSPS) is 31.4. The second-order valence-corrected chi connectivity index (χ2v) is 7.77. The fraction of sp³-hybridized carbons (Fsp3) is 1.00. The van der Waals surface area contributed by atoms with Crippen molar-refractivity contribution in [1.82, 2.24) is 10.2 Å². The first kappa shape index (κ1) is 16.3. The Bertz CT molecular complexity index is 275. The van der Waals surface area contributed by atoms with Crippen molar-refractivity contribution in [3.63, 3.8) is 0 Å². The van der Waals surface area contributed by atoms with Gasteiger partial charge in [0.1, 0.15) is 0 Å². The molecule has 0 saturated carbocycles. The van der Waals surface area contributed by atoms with Crippen LogP contribution in [0.5, 0.6) is 0 Å². The van der Waals surface area contributed by atoms with Crippen molar-refractivity contribution in [2.45, 2.75) is 52.9 Å². The van der Waals surface area contributed by atoms with Gasteiger partial charge >= 0.3 is 0 Å². The van der Waals surface area contributed by atoms with Crippen LogP contribution in [-0.2, 0) is 4.74 Å². The van der Waals surface area contributed by atoms with E-state index < -0.39 is 0 Å². The number of likely N-dealkylation sites (tertiary alicyclic amines) is 1. The first-order valence-electron chi connectivity index (χ1n) is 8.56. The third-order valence-electron chi connectivity index (χ3n) is 5.10. The molecular weight excluding hydrogens is 248 g/mol. The van der Waals surface area contributed by atoms with Gasteiger partial charge in [-0.05, 0) is 57.2 Å². The van der Waals surface area contributed by atoms with E-state index in [0.29, 0.717) is 10.8 Å². The zero-order chi connectivity index (χ0) is 14.5. The molecule has 118 valence electrons. The van der Waals surface area contributed by atoms with Crippen LogP contribution in [0.1, 0.15) is 52.9 Å². The summed E-state index contributed by atoms with van der Waals surface area (Å²) in [6.07, 6.45) is 6.45. The minimum absolute atomic E-state index is 0.356. The molecule has 1 unspecified atom stereocenters. The van der Waals surface area contributed by atoms with E-state index in [1.807, 2.05) is 0 Å². The topological polar surface area (TPSA) is 24.5 Å². The molecule has 0 aromatic carbocycles. The third kappa shape index (κ3) is 4.71. The first-order chi connectivity index (χ1) is 9.55. The molecule has 2 fully saturated rings. The summed E-state index contributed by atoms with van der Waals surface area (Å²) in [7, 11) is 0. The zero-order valence-electron chi connectivity index (χ0n) is 13.8. The van der Waals surface area contributed by atoms with Crippen LogP contribution in [0.3, 0.4) is 0 Å². The van der Waals surface area contributed by atoms with Crippen molar-refractivity contribution in [1.29, 1.82) is 0 Å². The predicted molar refractivity (Wildman–Crippen MR) is 85.1 cm³/mol. The standard InChI is InChI=1S/C17H34N2O/c1-4-9-18-13-17(6-5-12-20-15-17)14-19-10-7-16(2,3)8-11-19/h18H,4-15H2,1-3H3. The molecule has 0 bridgehead atoms. The monoisotopic (exact) mass is 282 g/mol. The summed E-state index contributed by atoms with van der Waals surface area (Å²) in [5, 5.41) is 3.64. The number of piperidine rings is 1. The SMILES string of the molecule is CCCNCC1(CN2CCC(C)(C)CC2)CCCOC1. The van der Waals surface area contributed by atoms with Gasteiger partial charge in [0.2, 0.25) is 0 Å². The van der Waals surface area contributed by atoms with E-state index in [2.05, 4.69) is 31.0 Å². The maximum Gasteiger partial charge on any atom is 0.0546 e. The van der Waals surface area contributed by atoms with Gasteiger partial charge in [0.05, 0.1) is 6.61 Å². The summed E-state index contributed by atoms with van der Waals surface area (Å²) in [4.78, 5) is 2.69. The second kappa shape index (κ2) is 7.24. The highest BCUT2D eigenvalue weighted by molar-refractivity contribution is 4.89. The second-order valence-electron chi connectivity index (χ2n) is 7.77. The van der Waals surface area contributed by atoms with Crippen LogP contribution in [0.4, 0.5) is 0 Å². The van der Waals surface area contributed by atoms with Crippen LogP contribution in [0.15, 0.2) is 0 Å². The van der Waals surface area contributed by atoms with E-state index in [1.54, 1.807) is 0 Å². The lowest BCUT2D eigenvalue weighted by molar-refractivity contribution is -0.0337. The van der Waals surface area contributed by atoms with Gasteiger partial charge in [0, 0.05) is 25.1 Å². The maximum atomic E-state index is 5.83. The summed E-state index contributed by atoms with van der Waals surface area (Å²) < 4.78 is 5.83. The summed E-state index contributed by atoms with van der Waals surface area (Å²) >= 11 is 0. The lowest BCUT2D eigenvalue weighted by Gasteiger charge is -2.44. The molecule has 0 radical (unpaired) electrons. The van der Waals surface area contributed by atoms with E-state index in [-0.39, 0.29) is 0 Å². The maximum absolute atomic E-state index is 5.83. The van der Waals surface area contributed by atoms with Crippen molar-refractivity contribution < 1.29 is 4.74 Å². The molecule has 0 aromatic heterocycles. The van der Waals surface area contributed by atoms with E-state index in [9.17, 15) is 0 Å². The Hall–Kier alpha value is -0.120. The lowest BCUT2D eigenvalue weighted by Crippen LogP contribution is -2.51. The number of hydrogen-bond donors (Lipinski definition) is 1. The average Bonchev–Trinajstić information content (AvgIpc) is 2.43. The van der Waals surface area contributed by atoms with Gasteiger partial charge in [-0.25, -0.2) is 0 Å². The molecule has 2 aliphatic rings. The van der Waals surface area contributed by atoms with Gasteiger partial charge in [-0.2, -0.15) is 0 Å². The van der Waals surface area contributed by atoms with E-state index in [4.69, 9.17) is 4.74 Å². The molecule has 2 heterocycles. The fourth-order valence-electron chi connectivity index (χ4n) is 3.55. The van der Waals surface area contributed by atoms with Crippen molar-refractivity contribution in [3.05, 3.63) is 0 Å². The molecule has 2 aliphatic heterocycles. The van der Waals surface area contributed by atoms with Crippen LogP contribution in [0.25, 0.3) is 0 Å². The van der Waals surface area contributed by atoms with Crippen molar-refractivity contribution in [2.24, 2.45) is 10.8 Å². The Balaban J connectivity index is 1.87.